The van der Waals surface area contributed by atoms with Gasteiger partial charge in [-0.25, -0.2) is 4.39 Å². The van der Waals surface area contributed by atoms with Crippen LogP contribution in [0.5, 0.6) is 0 Å². The molecule has 0 radical (unpaired) electrons. The third-order valence-electron chi connectivity index (χ3n) is 3.69. The molecule has 1 aromatic carbocycles. The van der Waals surface area contributed by atoms with Crippen molar-refractivity contribution in [2.24, 2.45) is 11.8 Å². The van der Waals surface area contributed by atoms with Gasteiger partial charge in [0.15, 0.2) is 5.78 Å². The van der Waals surface area contributed by atoms with E-state index in [1.54, 1.807) is 6.07 Å². The molecular weight excluding hydrogens is 239 g/mol. The summed E-state index contributed by atoms with van der Waals surface area (Å²) in [5.41, 5.74) is 0.191. The van der Waals surface area contributed by atoms with Crippen LogP contribution in [0.3, 0.4) is 0 Å². The second-order valence-electron chi connectivity index (χ2n) is 4.77. The Balaban J connectivity index is 2.15. The molecule has 17 heavy (non-hydrogen) atoms. The summed E-state index contributed by atoms with van der Waals surface area (Å²) in [6.07, 6.45) is 3.98. The second-order valence-corrected chi connectivity index (χ2v) is 5.21. The molecule has 1 aliphatic carbocycles. The van der Waals surface area contributed by atoms with Gasteiger partial charge in [0, 0.05) is 10.9 Å². The van der Waals surface area contributed by atoms with E-state index in [1.165, 1.54) is 12.1 Å². The Hall–Kier alpha value is -0.890. The Kier molecular flexibility index (Phi) is 3.82. The van der Waals surface area contributed by atoms with Crippen LogP contribution in [0.15, 0.2) is 18.2 Å². The average Bonchev–Trinajstić information content (AvgIpc) is 2.76. The molecule has 1 aromatic rings. The van der Waals surface area contributed by atoms with Crippen LogP contribution in [0.25, 0.3) is 0 Å². The minimum absolute atomic E-state index is 0.00405. The molecule has 92 valence electrons. The van der Waals surface area contributed by atoms with Gasteiger partial charge in [0.2, 0.25) is 0 Å². The number of carbonyl (C=O) groups is 1. The zero-order valence-corrected chi connectivity index (χ0v) is 10.6. The number of carbonyl (C=O) groups excluding carboxylic acids is 1. The fourth-order valence-electron chi connectivity index (χ4n) is 2.59. The number of ketones is 1. The molecule has 0 aliphatic heterocycles. The summed E-state index contributed by atoms with van der Waals surface area (Å²) >= 11 is 5.68. The lowest BCUT2D eigenvalue weighted by atomic mass is 9.94. The van der Waals surface area contributed by atoms with Crippen molar-refractivity contribution in [3.05, 3.63) is 34.6 Å². The third-order valence-corrected chi connectivity index (χ3v) is 3.92. The smallest absolute Gasteiger partial charge is 0.168 e. The molecule has 2 unspecified atom stereocenters. The number of halogens is 2. The average molecular weight is 255 g/mol. The van der Waals surface area contributed by atoms with Crippen molar-refractivity contribution in [3.8, 4) is 0 Å². The summed E-state index contributed by atoms with van der Waals surface area (Å²) in [6, 6.07) is 4.28. The van der Waals surface area contributed by atoms with E-state index in [9.17, 15) is 9.18 Å². The first-order chi connectivity index (χ1) is 8.11. The van der Waals surface area contributed by atoms with Crippen molar-refractivity contribution in [2.45, 2.75) is 32.6 Å². The van der Waals surface area contributed by atoms with Crippen molar-refractivity contribution in [2.75, 3.05) is 0 Å². The Morgan fingerprint density at radius 3 is 2.82 bits per heavy atom. The summed E-state index contributed by atoms with van der Waals surface area (Å²) < 4.78 is 13.6. The van der Waals surface area contributed by atoms with E-state index in [2.05, 4.69) is 6.92 Å². The van der Waals surface area contributed by atoms with E-state index in [0.717, 1.165) is 25.7 Å². The van der Waals surface area contributed by atoms with E-state index < -0.39 is 5.82 Å². The maximum absolute atomic E-state index is 13.6. The highest BCUT2D eigenvalue weighted by Crippen LogP contribution is 2.35. The summed E-state index contributed by atoms with van der Waals surface area (Å²) in [7, 11) is 0. The molecule has 0 heterocycles. The highest BCUT2D eigenvalue weighted by atomic mass is 35.5. The summed E-state index contributed by atoms with van der Waals surface area (Å²) in [4.78, 5) is 12.2. The molecule has 3 heteroatoms. The molecule has 2 rings (SSSR count). The summed E-state index contributed by atoms with van der Waals surface area (Å²) in [5.74, 6) is 0.0625. The molecule has 1 aliphatic rings. The largest absolute Gasteiger partial charge is 0.294 e. The monoisotopic (exact) mass is 254 g/mol. The number of benzene rings is 1. The van der Waals surface area contributed by atoms with Gasteiger partial charge < -0.3 is 0 Å². The Bertz CT molecular complexity index is 430. The van der Waals surface area contributed by atoms with Gasteiger partial charge in [0.1, 0.15) is 5.82 Å². The fraction of sp³-hybridized carbons (Fsp3) is 0.500. The van der Waals surface area contributed by atoms with E-state index in [0.29, 0.717) is 10.9 Å². The highest BCUT2D eigenvalue weighted by molar-refractivity contribution is 6.30. The van der Waals surface area contributed by atoms with Gasteiger partial charge in [-0.15, -0.1) is 0 Å². The van der Waals surface area contributed by atoms with Crippen LogP contribution in [0.4, 0.5) is 4.39 Å². The van der Waals surface area contributed by atoms with Crippen molar-refractivity contribution < 1.29 is 9.18 Å². The van der Waals surface area contributed by atoms with Crippen molar-refractivity contribution in [3.63, 3.8) is 0 Å². The molecular formula is C14H16ClFO. The van der Waals surface area contributed by atoms with Crippen LogP contribution in [-0.2, 0) is 0 Å². The predicted octanol–water partition coefficient (Wildman–Crippen LogP) is 4.49. The molecule has 2 atom stereocenters. The quantitative estimate of drug-likeness (QED) is 0.727. The van der Waals surface area contributed by atoms with E-state index in [1.807, 2.05) is 0 Å². The third kappa shape index (κ3) is 2.68. The van der Waals surface area contributed by atoms with Gasteiger partial charge in [-0.3, -0.25) is 4.79 Å². The summed E-state index contributed by atoms with van der Waals surface area (Å²) in [5, 5.41) is 0.330. The minimum atomic E-state index is -0.498. The zero-order valence-electron chi connectivity index (χ0n) is 9.88. The first-order valence-electron chi connectivity index (χ1n) is 6.11. The van der Waals surface area contributed by atoms with Crippen LogP contribution in [0.1, 0.15) is 43.0 Å². The highest BCUT2D eigenvalue weighted by Gasteiger charge is 2.30. The van der Waals surface area contributed by atoms with Gasteiger partial charge in [0.25, 0.3) is 0 Å². The van der Waals surface area contributed by atoms with Gasteiger partial charge in [-0.05, 0) is 43.4 Å². The molecule has 1 nitrogen and oxygen atoms in total. The maximum Gasteiger partial charge on any atom is 0.168 e. The maximum atomic E-state index is 13.6. The van der Waals surface area contributed by atoms with E-state index in [-0.39, 0.29) is 17.3 Å². The molecule has 0 N–H and O–H groups in total. The number of rotatable bonds is 3. The predicted molar refractivity (Wildman–Crippen MR) is 66.9 cm³/mol. The molecule has 1 saturated carbocycles. The first kappa shape index (κ1) is 12.6. The summed E-state index contributed by atoms with van der Waals surface area (Å²) in [6.45, 7) is 2.14. The second kappa shape index (κ2) is 5.18. The SMILES string of the molecule is CCC1CCC(C(=O)c2ccc(Cl)cc2F)C1. The van der Waals surface area contributed by atoms with E-state index in [4.69, 9.17) is 11.6 Å². The van der Waals surface area contributed by atoms with Crippen molar-refractivity contribution in [1.29, 1.82) is 0 Å². The first-order valence-corrected chi connectivity index (χ1v) is 6.49. The topological polar surface area (TPSA) is 17.1 Å². The lowest BCUT2D eigenvalue weighted by Gasteiger charge is -2.10. The fourth-order valence-corrected chi connectivity index (χ4v) is 2.75. The van der Waals surface area contributed by atoms with Gasteiger partial charge in [0.05, 0.1) is 5.56 Å². The molecule has 0 spiro atoms. The van der Waals surface area contributed by atoms with Crippen LogP contribution in [0, 0.1) is 17.7 Å². The Morgan fingerprint density at radius 1 is 1.47 bits per heavy atom. The molecule has 0 amide bonds. The van der Waals surface area contributed by atoms with Gasteiger partial charge in [-0.1, -0.05) is 24.9 Å². The van der Waals surface area contributed by atoms with Crippen molar-refractivity contribution >= 4 is 17.4 Å². The van der Waals surface area contributed by atoms with Crippen molar-refractivity contribution in [1.82, 2.24) is 0 Å². The lowest BCUT2D eigenvalue weighted by molar-refractivity contribution is 0.0916. The molecule has 0 aromatic heterocycles. The molecule has 0 saturated heterocycles. The van der Waals surface area contributed by atoms with Crippen LogP contribution in [-0.4, -0.2) is 5.78 Å². The number of Topliss-reactive ketones (excluding diaryl/α,β-unsaturated/α-hetero) is 1. The van der Waals surface area contributed by atoms with Gasteiger partial charge in [-0.2, -0.15) is 0 Å². The number of hydrogen-bond acceptors (Lipinski definition) is 1. The Labute approximate surface area is 106 Å². The standard InChI is InChI=1S/C14H16ClFO/c1-2-9-3-4-10(7-9)14(17)12-6-5-11(15)8-13(12)16/h5-6,8-10H,2-4,7H2,1H3. The van der Waals surface area contributed by atoms with Crippen LogP contribution in [0.2, 0.25) is 5.02 Å². The number of hydrogen-bond donors (Lipinski definition) is 0. The normalized spacial score (nSPS) is 23.9. The van der Waals surface area contributed by atoms with Crippen LogP contribution >= 0.6 is 11.6 Å². The van der Waals surface area contributed by atoms with E-state index >= 15 is 0 Å². The van der Waals surface area contributed by atoms with Crippen LogP contribution < -0.4 is 0 Å². The molecule has 0 bridgehead atoms. The zero-order chi connectivity index (χ0) is 12.4. The Morgan fingerprint density at radius 2 is 2.24 bits per heavy atom. The minimum Gasteiger partial charge on any atom is -0.294 e. The molecule has 1 fully saturated rings. The lowest BCUT2D eigenvalue weighted by Crippen LogP contribution is -2.13. The van der Waals surface area contributed by atoms with Gasteiger partial charge >= 0.3 is 0 Å².